The molecule has 8 nitrogen and oxygen atoms in total. The van der Waals surface area contributed by atoms with Crippen molar-refractivity contribution in [3.8, 4) is 0 Å². The van der Waals surface area contributed by atoms with Gasteiger partial charge in [-0.1, -0.05) is 27.5 Å². The van der Waals surface area contributed by atoms with Gasteiger partial charge in [0.2, 0.25) is 5.91 Å². The second-order valence-corrected chi connectivity index (χ2v) is 7.47. The van der Waals surface area contributed by atoms with Gasteiger partial charge >= 0.3 is 5.97 Å². The summed E-state index contributed by atoms with van der Waals surface area (Å²) < 4.78 is 5.76. The van der Waals surface area contributed by atoms with Crippen molar-refractivity contribution in [3.05, 3.63) is 63.1 Å². The van der Waals surface area contributed by atoms with Crippen LogP contribution in [0.2, 0.25) is 5.02 Å². The Kier molecular flexibility index (Phi) is 8.82. The van der Waals surface area contributed by atoms with Crippen LogP contribution in [-0.4, -0.2) is 30.3 Å². The van der Waals surface area contributed by atoms with Crippen molar-refractivity contribution in [3.63, 3.8) is 0 Å². The molecule has 0 unspecified atom stereocenters. The number of hydrazine groups is 1. The number of hydrogen-bond donors (Lipinski definition) is 3. The Bertz CT molecular complexity index is 950. The zero-order valence-electron chi connectivity index (χ0n) is 16.0. The van der Waals surface area contributed by atoms with E-state index in [4.69, 9.17) is 16.3 Å². The summed E-state index contributed by atoms with van der Waals surface area (Å²) in [5, 5.41) is 3.09. The molecule has 0 heterocycles. The van der Waals surface area contributed by atoms with Gasteiger partial charge in [-0.25, -0.2) is 0 Å². The number of anilines is 1. The lowest BCUT2D eigenvalue weighted by Crippen LogP contribution is -2.41. The van der Waals surface area contributed by atoms with Crippen LogP contribution in [0.4, 0.5) is 5.69 Å². The van der Waals surface area contributed by atoms with E-state index in [1.54, 1.807) is 30.3 Å². The van der Waals surface area contributed by atoms with Gasteiger partial charge < -0.3 is 10.1 Å². The lowest BCUT2D eigenvalue weighted by Gasteiger charge is -2.09. The minimum atomic E-state index is -0.712. The number of ether oxygens (including phenoxy) is 1. The SMILES string of the molecule is Cc1cc(NC(=O)COC(=O)CCC(=O)NNC(=O)c2ccc(Cl)cc2)ccc1Br. The molecule has 3 amide bonds. The molecule has 3 N–H and O–H groups in total. The number of halogens is 2. The van der Waals surface area contributed by atoms with E-state index in [0.29, 0.717) is 16.3 Å². The monoisotopic (exact) mass is 495 g/mol. The second-order valence-electron chi connectivity index (χ2n) is 6.18. The number of hydrogen-bond acceptors (Lipinski definition) is 5. The molecule has 10 heteroatoms. The summed E-state index contributed by atoms with van der Waals surface area (Å²) in [4.78, 5) is 47.2. The third kappa shape index (κ3) is 7.84. The predicted molar refractivity (Wildman–Crippen MR) is 115 cm³/mol. The van der Waals surface area contributed by atoms with E-state index < -0.39 is 30.3 Å². The minimum absolute atomic E-state index is 0.215. The number of esters is 1. The van der Waals surface area contributed by atoms with Crippen LogP contribution < -0.4 is 16.2 Å². The molecule has 0 aliphatic carbocycles. The predicted octanol–water partition coefficient (Wildman–Crippen LogP) is 3.13. The second kappa shape index (κ2) is 11.3. The third-order valence-electron chi connectivity index (χ3n) is 3.78. The van der Waals surface area contributed by atoms with E-state index in [0.717, 1.165) is 10.0 Å². The fourth-order valence-corrected chi connectivity index (χ4v) is 2.59. The van der Waals surface area contributed by atoms with Crippen LogP contribution in [0.25, 0.3) is 0 Å². The van der Waals surface area contributed by atoms with Gasteiger partial charge in [-0.15, -0.1) is 0 Å². The number of carbonyl (C=O) groups is 4. The lowest BCUT2D eigenvalue weighted by molar-refractivity contribution is -0.148. The van der Waals surface area contributed by atoms with Crippen LogP contribution in [0.5, 0.6) is 0 Å². The molecule has 0 aromatic heterocycles. The summed E-state index contributed by atoms with van der Waals surface area (Å²) in [6, 6.07) is 11.4. The summed E-state index contributed by atoms with van der Waals surface area (Å²) in [7, 11) is 0. The third-order valence-corrected chi connectivity index (χ3v) is 4.93. The van der Waals surface area contributed by atoms with Crippen molar-refractivity contribution in [2.75, 3.05) is 11.9 Å². The minimum Gasteiger partial charge on any atom is -0.456 e. The zero-order valence-corrected chi connectivity index (χ0v) is 18.3. The Labute approximate surface area is 186 Å². The smallest absolute Gasteiger partial charge is 0.306 e. The van der Waals surface area contributed by atoms with E-state index in [2.05, 4.69) is 32.1 Å². The molecular formula is C20H19BrClN3O5. The van der Waals surface area contributed by atoms with Crippen LogP contribution in [0.15, 0.2) is 46.9 Å². The Balaban J connectivity index is 1.65. The van der Waals surface area contributed by atoms with Gasteiger partial charge in [0.15, 0.2) is 6.61 Å². The summed E-state index contributed by atoms with van der Waals surface area (Å²) in [6.07, 6.45) is -0.458. The highest BCUT2D eigenvalue weighted by atomic mass is 79.9. The molecule has 2 rings (SSSR count). The number of carbonyl (C=O) groups excluding carboxylic acids is 4. The molecule has 0 atom stereocenters. The van der Waals surface area contributed by atoms with Gasteiger partial charge in [-0.05, 0) is 55.0 Å². The van der Waals surface area contributed by atoms with Gasteiger partial charge in [0.1, 0.15) is 0 Å². The molecule has 0 bridgehead atoms. The standard InChI is InChI=1S/C20H19BrClN3O5/c1-12-10-15(6-7-16(12)21)23-18(27)11-30-19(28)9-8-17(26)24-25-20(29)13-2-4-14(22)5-3-13/h2-7,10H,8-9,11H2,1H3,(H,23,27)(H,24,26)(H,25,29). The zero-order chi connectivity index (χ0) is 22.1. The van der Waals surface area contributed by atoms with Gasteiger partial charge in [0.25, 0.3) is 11.8 Å². The topological polar surface area (TPSA) is 114 Å². The molecule has 0 aliphatic heterocycles. The molecule has 2 aromatic carbocycles. The van der Waals surface area contributed by atoms with Gasteiger partial charge in [-0.2, -0.15) is 0 Å². The highest BCUT2D eigenvalue weighted by Crippen LogP contribution is 2.19. The van der Waals surface area contributed by atoms with Crippen LogP contribution in [0.3, 0.4) is 0 Å². The normalized spacial score (nSPS) is 10.1. The van der Waals surface area contributed by atoms with Crippen molar-refractivity contribution < 1.29 is 23.9 Å². The molecule has 0 aliphatic rings. The van der Waals surface area contributed by atoms with E-state index in [1.807, 2.05) is 6.92 Å². The fraction of sp³-hybridized carbons (Fsp3) is 0.200. The van der Waals surface area contributed by atoms with Crippen LogP contribution in [0, 0.1) is 6.92 Å². The average molecular weight is 497 g/mol. The van der Waals surface area contributed by atoms with Crippen LogP contribution in [0.1, 0.15) is 28.8 Å². The number of amides is 3. The first-order valence-corrected chi connectivity index (χ1v) is 9.98. The molecule has 0 fully saturated rings. The number of rotatable bonds is 7. The first kappa shape index (κ1) is 23.4. The Morgan fingerprint density at radius 1 is 0.967 bits per heavy atom. The van der Waals surface area contributed by atoms with Crippen molar-refractivity contribution in [2.45, 2.75) is 19.8 Å². The first-order chi connectivity index (χ1) is 14.2. The number of benzene rings is 2. The van der Waals surface area contributed by atoms with Crippen molar-refractivity contribution in [2.24, 2.45) is 0 Å². The molecule has 0 saturated carbocycles. The Morgan fingerprint density at radius 2 is 1.67 bits per heavy atom. The number of aryl methyl sites for hydroxylation is 1. The largest absolute Gasteiger partial charge is 0.456 e. The molecular weight excluding hydrogens is 478 g/mol. The Hall–Kier alpha value is -2.91. The molecule has 0 saturated heterocycles. The maximum atomic E-state index is 11.9. The van der Waals surface area contributed by atoms with E-state index in [-0.39, 0.29) is 12.8 Å². The van der Waals surface area contributed by atoms with E-state index in [1.165, 1.54) is 12.1 Å². The van der Waals surface area contributed by atoms with Crippen molar-refractivity contribution in [1.29, 1.82) is 0 Å². The van der Waals surface area contributed by atoms with Gasteiger partial charge in [0, 0.05) is 27.2 Å². The molecule has 0 spiro atoms. The maximum Gasteiger partial charge on any atom is 0.306 e. The van der Waals surface area contributed by atoms with Gasteiger partial charge in [-0.3, -0.25) is 30.0 Å². The van der Waals surface area contributed by atoms with Crippen LogP contribution >= 0.6 is 27.5 Å². The molecule has 0 radical (unpaired) electrons. The highest BCUT2D eigenvalue weighted by Gasteiger charge is 2.12. The van der Waals surface area contributed by atoms with Gasteiger partial charge in [0.05, 0.1) is 6.42 Å². The number of nitrogens with one attached hydrogen (secondary N) is 3. The molecule has 158 valence electrons. The van der Waals surface area contributed by atoms with Crippen molar-refractivity contribution in [1.82, 2.24) is 10.9 Å². The summed E-state index contributed by atoms with van der Waals surface area (Å²) in [6.45, 7) is 1.41. The van der Waals surface area contributed by atoms with E-state index in [9.17, 15) is 19.2 Å². The summed E-state index contributed by atoms with van der Waals surface area (Å²) in [5.41, 5.74) is 6.25. The van der Waals surface area contributed by atoms with Crippen LogP contribution in [-0.2, 0) is 19.1 Å². The molecule has 30 heavy (non-hydrogen) atoms. The van der Waals surface area contributed by atoms with E-state index >= 15 is 0 Å². The van der Waals surface area contributed by atoms with Crippen molar-refractivity contribution >= 4 is 56.9 Å². The molecule has 2 aromatic rings. The summed E-state index contributed by atoms with van der Waals surface area (Å²) >= 11 is 9.11. The quantitative estimate of drug-likeness (QED) is 0.403. The maximum absolute atomic E-state index is 11.9. The fourth-order valence-electron chi connectivity index (χ4n) is 2.22. The lowest BCUT2D eigenvalue weighted by atomic mass is 10.2. The first-order valence-electron chi connectivity index (χ1n) is 8.81. The summed E-state index contributed by atoms with van der Waals surface area (Å²) in [5.74, 6) is -2.31. The Morgan fingerprint density at radius 3 is 2.33 bits per heavy atom. The average Bonchev–Trinajstić information content (AvgIpc) is 2.72. The highest BCUT2D eigenvalue weighted by molar-refractivity contribution is 9.10.